The highest BCUT2D eigenvalue weighted by molar-refractivity contribution is 7.99. The van der Waals surface area contributed by atoms with Crippen molar-refractivity contribution >= 4 is 45.7 Å². The molecule has 0 aromatic heterocycles. The number of rotatable bonds is 16. The predicted molar refractivity (Wildman–Crippen MR) is 200 cm³/mol. The Morgan fingerprint density at radius 2 is 1.65 bits per heavy atom. The summed E-state index contributed by atoms with van der Waals surface area (Å²) in [6, 6.07) is 32.5. The fourth-order valence-corrected chi connectivity index (χ4v) is 7.48. The second kappa shape index (κ2) is 18.0. The summed E-state index contributed by atoms with van der Waals surface area (Å²) in [6.45, 7) is 3.49. The minimum atomic E-state index is -1.99. The van der Waals surface area contributed by atoms with Crippen molar-refractivity contribution in [1.29, 1.82) is 0 Å². The Bertz CT molecular complexity index is 1680. The summed E-state index contributed by atoms with van der Waals surface area (Å²) in [4.78, 5) is 30.3. The second-order valence-electron chi connectivity index (χ2n) is 12.4. The van der Waals surface area contributed by atoms with Gasteiger partial charge in [0, 0.05) is 59.7 Å². The average Bonchev–Trinajstić information content (AvgIpc) is 3.13. The Morgan fingerprint density at radius 3 is 2.31 bits per heavy atom. The van der Waals surface area contributed by atoms with Crippen LogP contribution in [0.4, 0.5) is 17.1 Å². The van der Waals surface area contributed by atoms with Crippen LogP contribution in [0.15, 0.2) is 113 Å². The molecule has 4 aromatic carbocycles. The number of hydrogen-bond acceptors (Lipinski definition) is 9. The normalized spacial score (nSPS) is 14.7. The van der Waals surface area contributed by atoms with Gasteiger partial charge in [0.2, 0.25) is 0 Å². The molecule has 0 radical (unpaired) electrons. The first-order valence-corrected chi connectivity index (χ1v) is 18.6. The number of anilines is 2. The first-order valence-electron chi connectivity index (χ1n) is 16.5. The first-order chi connectivity index (χ1) is 23.7. The van der Waals surface area contributed by atoms with Crippen LogP contribution in [0.3, 0.4) is 0 Å². The zero-order valence-corrected chi connectivity index (χ0v) is 29.6. The number of nitrogens with one attached hydrogen (secondary N) is 3. The number of benzene rings is 4. The smallest absolute Gasteiger partial charge is 0.293 e. The highest BCUT2D eigenvalue weighted by Gasteiger charge is 2.22. The Hall–Kier alpha value is -4.23. The molecule has 2 atom stereocenters. The molecule has 0 bridgehead atoms. The number of amides is 1. The summed E-state index contributed by atoms with van der Waals surface area (Å²) in [6.07, 6.45) is 2.83. The third-order valence-corrected chi connectivity index (χ3v) is 10.7. The van der Waals surface area contributed by atoms with Crippen LogP contribution in [0.25, 0.3) is 0 Å². The van der Waals surface area contributed by atoms with E-state index in [-0.39, 0.29) is 16.6 Å². The van der Waals surface area contributed by atoms with Crippen LogP contribution in [-0.4, -0.2) is 71.5 Å². The van der Waals surface area contributed by atoms with Crippen molar-refractivity contribution in [3.8, 4) is 0 Å². The summed E-state index contributed by atoms with van der Waals surface area (Å²) in [5.41, 5.74) is 2.83. The fraction of sp³-hybridized carbons (Fsp3) is 0.324. The highest BCUT2D eigenvalue weighted by atomic mass is 32.2. The third-order valence-electron chi connectivity index (χ3n) is 8.47. The number of piperidine rings is 1. The molecule has 0 saturated carbocycles. The van der Waals surface area contributed by atoms with E-state index in [0.717, 1.165) is 56.0 Å². The zero-order valence-electron chi connectivity index (χ0n) is 27.9. The summed E-state index contributed by atoms with van der Waals surface area (Å²) in [5.74, 6) is 0.196. The monoisotopic (exact) mass is 700 g/mol. The van der Waals surface area contributed by atoms with Crippen LogP contribution >= 0.6 is 11.8 Å². The topological polar surface area (TPSA) is 120 Å². The number of nitrogens with zero attached hydrogens (tertiary/aromatic N) is 3. The second-order valence-corrected chi connectivity index (χ2v) is 14.7. The lowest BCUT2D eigenvalue weighted by Gasteiger charge is -2.34. The molecule has 12 heteroatoms. The van der Waals surface area contributed by atoms with E-state index < -0.39 is 21.8 Å². The van der Waals surface area contributed by atoms with Gasteiger partial charge in [0.05, 0.1) is 9.82 Å². The van der Waals surface area contributed by atoms with E-state index in [0.29, 0.717) is 23.0 Å². The lowest BCUT2D eigenvalue weighted by Crippen LogP contribution is -2.42. The van der Waals surface area contributed by atoms with E-state index in [4.69, 9.17) is 0 Å². The molecule has 5 rings (SSSR count). The summed E-state index contributed by atoms with van der Waals surface area (Å²) < 4.78 is 15.7. The minimum absolute atomic E-state index is 0.0481. The largest absolute Gasteiger partial charge is 0.376 e. The number of nitro groups is 1. The SMILES string of the molecule is CN(C)CCC(CSc1ccccc1)Nc1ccc(S(=O)NC(=O)c2ccc(N3CCC(NCc4ccccc4)CC3)cc2)cc1[N+](=O)[O-]. The van der Waals surface area contributed by atoms with Crippen molar-refractivity contribution in [3.63, 3.8) is 0 Å². The Morgan fingerprint density at radius 1 is 0.980 bits per heavy atom. The van der Waals surface area contributed by atoms with Crippen molar-refractivity contribution < 1.29 is 13.9 Å². The molecule has 0 aliphatic carbocycles. The van der Waals surface area contributed by atoms with Crippen LogP contribution in [0.2, 0.25) is 0 Å². The highest BCUT2D eigenvalue weighted by Crippen LogP contribution is 2.29. The fourth-order valence-electron chi connectivity index (χ4n) is 5.67. The molecule has 3 N–H and O–H groups in total. The van der Waals surface area contributed by atoms with Crippen molar-refractivity contribution in [1.82, 2.24) is 14.9 Å². The van der Waals surface area contributed by atoms with E-state index in [1.807, 2.05) is 62.6 Å². The van der Waals surface area contributed by atoms with Crippen molar-refractivity contribution in [3.05, 3.63) is 124 Å². The van der Waals surface area contributed by atoms with Gasteiger partial charge in [-0.3, -0.25) is 19.6 Å². The van der Waals surface area contributed by atoms with Gasteiger partial charge in [-0.05, 0) is 94.0 Å². The number of nitro benzene ring substituents is 1. The molecule has 1 fully saturated rings. The molecule has 1 heterocycles. The van der Waals surface area contributed by atoms with Gasteiger partial charge in [-0.1, -0.05) is 48.5 Å². The molecule has 10 nitrogen and oxygen atoms in total. The van der Waals surface area contributed by atoms with Crippen molar-refractivity contribution in [2.45, 2.75) is 47.7 Å². The Balaban J connectivity index is 1.16. The molecule has 1 aliphatic rings. The van der Waals surface area contributed by atoms with E-state index in [2.05, 4.69) is 49.4 Å². The maximum atomic E-state index is 13.2. The van der Waals surface area contributed by atoms with Crippen LogP contribution in [0.5, 0.6) is 0 Å². The number of carbonyl (C=O) groups excluding carboxylic acids is 1. The maximum absolute atomic E-state index is 13.2. The summed E-state index contributed by atoms with van der Waals surface area (Å²) in [7, 11) is 2.00. The quantitative estimate of drug-likeness (QED) is 0.0700. The lowest BCUT2D eigenvalue weighted by atomic mass is 10.0. The van der Waals surface area contributed by atoms with Gasteiger partial charge in [0.25, 0.3) is 11.6 Å². The molecule has 49 heavy (non-hydrogen) atoms. The van der Waals surface area contributed by atoms with Gasteiger partial charge in [-0.2, -0.15) is 0 Å². The minimum Gasteiger partial charge on any atom is -0.376 e. The van der Waals surface area contributed by atoms with Gasteiger partial charge in [-0.25, -0.2) is 4.21 Å². The van der Waals surface area contributed by atoms with Crippen LogP contribution in [0.1, 0.15) is 35.2 Å². The third kappa shape index (κ3) is 10.9. The maximum Gasteiger partial charge on any atom is 0.293 e. The molecule has 1 saturated heterocycles. The Labute approximate surface area is 295 Å². The number of thioether (sulfide) groups is 1. The molecule has 1 amide bonds. The van der Waals surface area contributed by atoms with E-state index in [1.165, 1.54) is 11.6 Å². The van der Waals surface area contributed by atoms with Crippen LogP contribution < -0.4 is 20.3 Å². The van der Waals surface area contributed by atoms with E-state index in [9.17, 15) is 19.1 Å². The average molecular weight is 701 g/mol. The molecule has 0 spiro atoms. The van der Waals surface area contributed by atoms with Gasteiger partial charge >= 0.3 is 0 Å². The van der Waals surface area contributed by atoms with Gasteiger partial charge in [-0.15, -0.1) is 11.8 Å². The van der Waals surface area contributed by atoms with Crippen molar-refractivity contribution in [2.24, 2.45) is 0 Å². The standard InChI is InChI=1S/C37H44N6O4S2/c1-41(2)22-19-31(27-48-33-11-7-4-8-12-33)39-35-18-17-34(25-36(35)43(45)46)49(47)40-37(44)29-13-15-32(16-14-29)42-23-20-30(21-24-42)38-26-28-9-5-3-6-10-28/h3-18,25,30-31,38-39H,19-24,26-27H2,1-2H3,(H,40,44). The van der Waals surface area contributed by atoms with Crippen LogP contribution in [-0.2, 0) is 17.5 Å². The van der Waals surface area contributed by atoms with Gasteiger partial charge < -0.3 is 20.4 Å². The predicted octanol–water partition coefficient (Wildman–Crippen LogP) is 6.33. The molecular formula is C37H44N6O4S2. The molecule has 2 unspecified atom stereocenters. The zero-order chi connectivity index (χ0) is 34.6. The van der Waals surface area contributed by atoms with Crippen molar-refractivity contribution in [2.75, 3.05) is 49.7 Å². The van der Waals surface area contributed by atoms with Gasteiger partial charge in [0.1, 0.15) is 5.69 Å². The van der Waals surface area contributed by atoms with E-state index >= 15 is 0 Å². The molecule has 1 aliphatic heterocycles. The first kappa shape index (κ1) is 36.1. The number of hydrogen-bond donors (Lipinski definition) is 3. The van der Waals surface area contributed by atoms with Gasteiger partial charge in [0.15, 0.2) is 11.0 Å². The van der Waals surface area contributed by atoms with Crippen LogP contribution in [0, 0.1) is 10.1 Å². The Kier molecular flexibility index (Phi) is 13.2. The molecule has 258 valence electrons. The summed E-state index contributed by atoms with van der Waals surface area (Å²) >= 11 is 1.68. The van der Waals surface area contributed by atoms with E-state index in [1.54, 1.807) is 36.0 Å². The molecular weight excluding hydrogens is 657 g/mol. The lowest BCUT2D eigenvalue weighted by molar-refractivity contribution is -0.384. The molecule has 4 aromatic rings. The summed E-state index contributed by atoms with van der Waals surface area (Å²) in [5, 5.41) is 19.1. The number of carbonyl (C=O) groups is 1.